The van der Waals surface area contributed by atoms with Gasteiger partial charge in [0, 0.05) is 31.8 Å². The molecule has 3 atom stereocenters. The normalized spacial score (nSPS) is 25.4. The van der Waals surface area contributed by atoms with E-state index in [0.717, 1.165) is 13.1 Å². The van der Waals surface area contributed by atoms with E-state index in [1.807, 2.05) is 0 Å². The summed E-state index contributed by atoms with van der Waals surface area (Å²) >= 11 is 0. The van der Waals surface area contributed by atoms with Gasteiger partial charge in [-0.2, -0.15) is 0 Å². The molecule has 0 saturated carbocycles. The second kappa shape index (κ2) is 6.33. The number of hydrogen-bond donors (Lipinski definition) is 1. The Morgan fingerprint density at radius 2 is 2.05 bits per heavy atom. The molecule has 0 amide bonds. The number of nitro groups is 1. The number of piperidine rings is 1. The van der Waals surface area contributed by atoms with Crippen molar-refractivity contribution >= 4 is 5.69 Å². The van der Waals surface area contributed by atoms with Crippen molar-refractivity contribution in [3.8, 4) is 0 Å². The maximum absolute atomic E-state index is 10.8. The highest BCUT2D eigenvalue weighted by Crippen LogP contribution is 2.25. The average Bonchev–Trinajstić information content (AvgIpc) is 2.37. The second-order valence-electron chi connectivity index (χ2n) is 6.03. The molecule has 1 fully saturated rings. The Bertz CT molecular complexity index is 468. The highest BCUT2D eigenvalue weighted by atomic mass is 16.6. The van der Waals surface area contributed by atoms with Gasteiger partial charge < -0.3 is 5.11 Å². The third-order valence-corrected chi connectivity index (χ3v) is 3.84. The summed E-state index contributed by atoms with van der Waals surface area (Å²) in [7, 11) is 0. The van der Waals surface area contributed by atoms with Crippen LogP contribution in [0.1, 0.15) is 31.9 Å². The Morgan fingerprint density at radius 3 is 2.65 bits per heavy atom. The molecule has 110 valence electrons. The molecule has 1 aliphatic heterocycles. The summed E-state index contributed by atoms with van der Waals surface area (Å²) in [6.07, 6.45) is 0.552. The van der Waals surface area contributed by atoms with Crippen molar-refractivity contribution in [2.75, 3.05) is 19.6 Å². The summed E-state index contributed by atoms with van der Waals surface area (Å²) in [4.78, 5) is 12.6. The zero-order chi connectivity index (χ0) is 14.7. The zero-order valence-electron chi connectivity index (χ0n) is 12.0. The fraction of sp³-hybridized carbons (Fsp3) is 0.600. The fourth-order valence-electron chi connectivity index (χ4n) is 3.14. The van der Waals surface area contributed by atoms with Crippen molar-refractivity contribution < 1.29 is 10.0 Å². The molecule has 0 spiro atoms. The molecule has 20 heavy (non-hydrogen) atoms. The first-order valence-electron chi connectivity index (χ1n) is 7.10. The Kier molecular flexibility index (Phi) is 4.73. The predicted octanol–water partition coefficient (Wildman–Crippen LogP) is 2.61. The lowest BCUT2D eigenvalue weighted by molar-refractivity contribution is -0.385. The van der Waals surface area contributed by atoms with E-state index in [1.54, 1.807) is 12.1 Å². The van der Waals surface area contributed by atoms with E-state index in [-0.39, 0.29) is 5.69 Å². The number of aliphatic hydroxyl groups excluding tert-OH is 1. The lowest BCUT2D eigenvalue weighted by atomic mass is 9.91. The van der Waals surface area contributed by atoms with Crippen LogP contribution >= 0.6 is 0 Å². The minimum atomic E-state index is -0.674. The predicted molar refractivity (Wildman–Crippen MR) is 77.4 cm³/mol. The number of aliphatic hydroxyl groups is 1. The smallest absolute Gasteiger partial charge is 0.269 e. The van der Waals surface area contributed by atoms with Crippen molar-refractivity contribution in [2.24, 2.45) is 11.8 Å². The van der Waals surface area contributed by atoms with Crippen LogP contribution in [0.3, 0.4) is 0 Å². The monoisotopic (exact) mass is 278 g/mol. The molecule has 2 rings (SSSR count). The topological polar surface area (TPSA) is 66.6 Å². The van der Waals surface area contributed by atoms with Crippen LogP contribution in [0.5, 0.6) is 0 Å². The third kappa shape index (κ3) is 3.77. The maximum Gasteiger partial charge on any atom is 0.269 e. The number of β-amino-alcohol motifs (C(OH)–C–C–N with tert-alkyl or cyclic N) is 1. The first-order chi connectivity index (χ1) is 9.45. The molecule has 1 N–H and O–H groups in total. The fourth-order valence-corrected chi connectivity index (χ4v) is 3.14. The molecule has 5 nitrogen and oxygen atoms in total. The average molecular weight is 278 g/mol. The molecule has 3 unspecified atom stereocenters. The molecule has 1 aliphatic rings. The summed E-state index contributed by atoms with van der Waals surface area (Å²) in [6, 6.07) is 6.27. The zero-order valence-corrected chi connectivity index (χ0v) is 12.0. The minimum Gasteiger partial charge on any atom is -0.387 e. The van der Waals surface area contributed by atoms with Crippen molar-refractivity contribution in [2.45, 2.75) is 26.4 Å². The van der Waals surface area contributed by atoms with Gasteiger partial charge in [0.25, 0.3) is 5.69 Å². The van der Waals surface area contributed by atoms with Crippen LogP contribution < -0.4 is 0 Å². The van der Waals surface area contributed by atoms with Crippen molar-refractivity contribution in [1.82, 2.24) is 4.90 Å². The first-order valence-corrected chi connectivity index (χ1v) is 7.10. The van der Waals surface area contributed by atoms with Gasteiger partial charge >= 0.3 is 0 Å². The van der Waals surface area contributed by atoms with Gasteiger partial charge in [-0.25, -0.2) is 0 Å². The standard InChI is InChI=1S/C15H22N2O3/c1-11-6-12(2)9-16(8-11)10-15(18)13-4-3-5-14(7-13)17(19)20/h3-5,7,11-12,15,18H,6,8-10H2,1-2H3. The van der Waals surface area contributed by atoms with E-state index in [1.165, 1.54) is 18.6 Å². The number of non-ortho nitro benzene ring substituents is 1. The Hall–Kier alpha value is -1.46. The van der Waals surface area contributed by atoms with Gasteiger partial charge in [-0.1, -0.05) is 26.0 Å². The van der Waals surface area contributed by atoms with E-state index in [2.05, 4.69) is 18.7 Å². The van der Waals surface area contributed by atoms with Gasteiger partial charge in [0.2, 0.25) is 0 Å². The molecule has 0 aromatic heterocycles. The van der Waals surface area contributed by atoms with E-state index in [4.69, 9.17) is 0 Å². The van der Waals surface area contributed by atoms with Gasteiger partial charge in [-0.05, 0) is 23.8 Å². The van der Waals surface area contributed by atoms with Crippen molar-refractivity contribution in [3.05, 3.63) is 39.9 Å². The van der Waals surface area contributed by atoms with Crippen molar-refractivity contribution in [1.29, 1.82) is 0 Å². The highest BCUT2D eigenvalue weighted by Gasteiger charge is 2.24. The van der Waals surface area contributed by atoms with Crippen LogP contribution in [-0.4, -0.2) is 34.6 Å². The van der Waals surface area contributed by atoms with Gasteiger partial charge in [0.15, 0.2) is 0 Å². The number of likely N-dealkylation sites (tertiary alicyclic amines) is 1. The van der Waals surface area contributed by atoms with Crippen LogP contribution in [0, 0.1) is 22.0 Å². The van der Waals surface area contributed by atoms with Crippen LogP contribution in [0.2, 0.25) is 0 Å². The quantitative estimate of drug-likeness (QED) is 0.679. The van der Waals surface area contributed by atoms with Crippen LogP contribution in [-0.2, 0) is 0 Å². The molecule has 1 aromatic carbocycles. The summed E-state index contributed by atoms with van der Waals surface area (Å²) in [5.41, 5.74) is 0.645. The number of hydrogen-bond acceptors (Lipinski definition) is 4. The summed E-state index contributed by atoms with van der Waals surface area (Å²) in [5, 5.41) is 21.1. The molecule has 5 heteroatoms. The van der Waals surface area contributed by atoms with Gasteiger partial charge in [-0.3, -0.25) is 15.0 Å². The number of benzene rings is 1. The van der Waals surface area contributed by atoms with Crippen molar-refractivity contribution in [3.63, 3.8) is 0 Å². The molecule has 1 heterocycles. The number of rotatable bonds is 4. The van der Waals surface area contributed by atoms with Crippen LogP contribution in [0.4, 0.5) is 5.69 Å². The SMILES string of the molecule is CC1CC(C)CN(CC(O)c2cccc([N+](=O)[O-])c2)C1. The molecular weight excluding hydrogens is 256 g/mol. The molecular formula is C15H22N2O3. The molecule has 1 saturated heterocycles. The molecule has 1 aromatic rings. The summed E-state index contributed by atoms with van der Waals surface area (Å²) in [5.74, 6) is 1.27. The summed E-state index contributed by atoms with van der Waals surface area (Å²) < 4.78 is 0. The first kappa shape index (κ1) is 14.9. The van der Waals surface area contributed by atoms with Crippen LogP contribution in [0.15, 0.2) is 24.3 Å². The minimum absolute atomic E-state index is 0.0296. The van der Waals surface area contributed by atoms with E-state index in [0.29, 0.717) is 23.9 Å². The van der Waals surface area contributed by atoms with Gasteiger partial charge in [-0.15, -0.1) is 0 Å². The van der Waals surface area contributed by atoms with Crippen LogP contribution in [0.25, 0.3) is 0 Å². The maximum atomic E-state index is 10.8. The Labute approximate surface area is 119 Å². The Balaban J connectivity index is 2.02. The molecule has 0 radical (unpaired) electrons. The van der Waals surface area contributed by atoms with Gasteiger partial charge in [0.05, 0.1) is 11.0 Å². The molecule has 0 bridgehead atoms. The lowest BCUT2D eigenvalue weighted by Crippen LogP contribution is -2.40. The van der Waals surface area contributed by atoms with Gasteiger partial charge in [0.1, 0.15) is 0 Å². The van der Waals surface area contributed by atoms with E-state index >= 15 is 0 Å². The lowest BCUT2D eigenvalue weighted by Gasteiger charge is -2.36. The number of nitrogens with zero attached hydrogens (tertiary/aromatic N) is 2. The Morgan fingerprint density at radius 1 is 1.40 bits per heavy atom. The third-order valence-electron chi connectivity index (χ3n) is 3.84. The number of nitro benzene ring substituents is 1. The van der Waals surface area contributed by atoms with E-state index < -0.39 is 11.0 Å². The molecule has 0 aliphatic carbocycles. The summed E-state index contributed by atoms with van der Waals surface area (Å²) in [6.45, 7) is 6.95. The van der Waals surface area contributed by atoms with E-state index in [9.17, 15) is 15.2 Å². The largest absolute Gasteiger partial charge is 0.387 e. The highest BCUT2D eigenvalue weighted by molar-refractivity contribution is 5.35. The second-order valence-corrected chi connectivity index (χ2v) is 6.03.